The summed E-state index contributed by atoms with van der Waals surface area (Å²) in [5, 5.41) is 8.66. The minimum absolute atomic E-state index is 0.472. The van der Waals surface area contributed by atoms with Gasteiger partial charge < -0.3 is 5.73 Å². The van der Waals surface area contributed by atoms with E-state index in [4.69, 9.17) is 5.73 Å². The van der Waals surface area contributed by atoms with Crippen molar-refractivity contribution in [3.8, 4) is 0 Å². The van der Waals surface area contributed by atoms with Gasteiger partial charge in [0.15, 0.2) is 5.17 Å². The molecule has 132 valence electrons. The van der Waals surface area contributed by atoms with Gasteiger partial charge in [-0.2, -0.15) is 5.10 Å². The van der Waals surface area contributed by atoms with Crippen LogP contribution in [0, 0.1) is 0 Å². The first-order valence-electron chi connectivity index (χ1n) is 8.55. The maximum absolute atomic E-state index is 5.91. The van der Waals surface area contributed by atoms with Crippen molar-refractivity contribution >= 4 is 23.1 Å². The van der Waals surface area contributed by atoms with Crippen molar-refractivity contribution in [1.82, 2.24) is 4.90 Å². The van der Waals surface area contributed by atoms with Crippen molar-refractivity contribution in [2.75, 3.05) is 13.1 Å². The smallest absolute Gasteiger partial charge is 0.180 e. The van der Waals surface area contributed by atoms with E-state index in [1.807, 2.05) is 24.3 Å². The maximum atomic E-state index is 5.91. The van der Waals surface area contributed by atoms with Crippen LogP contribution in [0.2, 0.25) is 0 Å². The summed E-state index contributed by atoms with van der Waals surface area (Å²) < 4.78 is 0. The number of nitrogens with zero attached hydrogens (tertiary/aromatic N) is 3. The molecule has 2 rings (SSSR count). The zero-order chi connectivity index (χ0) is 17.9. The Balaban J connectivity index is 1.90. The van der Waals surface area contributed by atoms with Gasteiger partial charge in [0.1, 0.15) is 0 Å². The minimum Gasteiger partial charge on any atom is -0.377 e. The highest BCUT2D eigenvalue weighted by atomic mass is 32.2. The fraction of sp³-hybridized carbons (Fsp3) is 0.300. The van der Waals surface area contributed by atoms with E-state index in [0.29, 0.717) is 5.17 Å². The van der Waals surface area contributed by atoms with Crippen molar-refractivity contribution in [3.05, 3.63) is 71.3 Å². The van der Waals surface area contributed by atoms with Crippen molar-refractivity contribution in [3.63, 3.8) is 0 Å². The van der Waals surface area contributed by atoms with Crippen LogP contribution in [0.25, 0.3) is 0 Å². The summed E-state index contributed by atoms with van der Waals surface area (Å²) in [5.41, 5.74) is 9.45. The Kier molecular flexibility index (Phi) is 8.22. The molecule has 0 atom stereocenters. The van der Waals surface area contributed by atoms with Crippen LogP contribution < -0.4 is 5.73 Å². The van der Waals surface area contributed by atoms with Gasteiger partial charge in [-0.25, -0.2) is 0 Å². The average Bonchev–Trinajstić information content (AvgIpc) is 2.65. The molecule has 2 aromatic rings. The Labute approximate surface area is 154 Å². The Morgan fingerprint density at radius 3 is 2.48 bits per heavy atom. The Morgan fingerprint density at radius 1 is 1.04 bits per heavy atom. The van der Waals surface area contributed by atoms with Gasteiger partial charge >= 0.3 is 0 Å². The fourth-order valence-electron chi connectivity index (χ4n) is 2.39. The third-order valence-corrected chi connectivity index (χ3v) is 4.70. The lowest BCUT2D eigenvalue weighted by molar-refractivity contribution is 0.296. The van der Waals surface area contributed by atoms with E-state index in [-0.39, 0.29) is 0 Å². The zero-order valence-electron chi connectivity index (χ0n) is 14.9. The predicted molar refractivity (Wildman–Crippen MR) is 110 cm³/mol. The van der Waals surface area contributed by atoms with Crippen LogP contribution in [-0.4, -0.2) is 29.4 Å². The van der Waals surface area contributed by atoms with E-state index in [1.54, 1.807) is 6.21 Å². The lowest BCUT2D eigenvalue weighted by atomic mass is 10.1. The lowest BCUT2D eigenvalue weighted by Crippen LogP contribution is -2.22. The second kappa shape index (κ2) is 10.7. The van der Waals surface area contributed by atoms with Crippen LogP contribution in [0.3, 0.4) is 0 Å². The molecule has 5 heteroatoms. The van der Waals surface area contributed by atoms with Crippen molar-refractivity contribution < 1.29 is 0 Å². The highest BCUT2D eigenvalue weighted by Crippen LogP contribution is 2.11. The molecule has 0 unspecified atom stereocenters. The molecule has 0 aromatic heterocycles. The highest BCUT2D eigenvalue weighted by Gasteiger charge is 2.01. The monoisotopic (exact) mass is 354 g/mol. The normalized spacial score (nSPS) is 12.2. The molecule has 0 fully saturated rings. The third-order valence-electron chi connectivity index (χ3n) is 3.84. The van der Waals surface area contributed by atoms with Gasteiger partial charge in [-0.05, 0) is 35.8 Å². The molecule has 0 amide bonds. The van der Waals surface area contributed by atoms with Crippen LogP contribution >= 0.6 is 11.8 Å². The number of rotatable bonds is 8. The molecular weight excluding hydrogens is 328 g/mol. The molecule has 4 nitrogen and oxygen atoms in total. The standard InChI is InChI=1S/C20H26N4S/c1-3-24(4-2)15-19-12-8-11-18(13-19)14-22-23-20(21)25-16-17-9-6-5-7-10-17/h5-14H,3-4,15-16H2,1-2H3,(H2,21,23). The van der Waals surface area contributed by atoms with Gasteiger partial charge in [0.05, 0.1) is 6.21 Å². The summed E-state index contributed by atoms with van der Waals surface area (Å²) in [6.07, 6.45) is 1.75. The summed E-state index contributed by atoms with van der Waals surface area (Å²) >= 11 is 1.49. The molecule has 0 aliphatic heterocycles. The Morgan fingerprint density at radius 2 is 1.76 bits per heavy atom. The second-order valence-electron chi connectivity index (χ2n) is 5.66. The predicted octanol–water partition coefficient (Wildman–Crippen LogP) is 4.11. The molecular formula is C20H26N4S. The van der Waals surface area contributed by atoms with Crippen LogP contribution in [0.5, 0.6) is 0 Å². The molecule has 0 saturated carbocycles. The number of nitrogens with two attached hydrogens (primary N) is 1. The van der Waals surface area contributed by atoms with Gasteiger partial charge in [0.2, 0.25) is 0 Å². The van der Waals surface area contributed by atoms with Gasteiger partial charge in [-0.3, -0.25) is 4.90 Å². The van der Waals surface area contributed by atoms with E-state index in [2.05, 4.69) is 59.3 Å². The zero-order valence-corrected chi connectivity index (χ0v) is 15.7. The van der Waals surface area contributed by atoms with Crippen LogP contribution in [0.1, 0.15) is 30.5 Å². The van der Waals surface area contributed by atoms with E-state index < -0.39 is 0 Å². The third kappa shape index (κ3) is 7.11. The first-order chi connectivity index (χ1) is 12.2. The summed E-state index contributed by atoms with van der Waals surface area (Å²) in [5.74, 6) is 0.797. The molecule has 25 heavy (non-hydrogen) atoms. The van der Waals surface area contributed by atoms with Crippen molar-refractivity contribution in [2.24, 2.45) is 15.9 Å². The number of hydrogen-bond acceptors (Lipinski definition) is 4. The molecule has 0 heterocycles. The largest absolute Gasteiger partial charge is 0.377 e. The average molecular weight is 355 g/mol. The first kappa shape index (κ1) is 19.2. The lowest BCUT2D eigenvalue weighted by Gasteiger charge is -2.17. The second-order valence-corrected chi connectivity index (χ2v) is 6.66. The van der Waals surface area contributed by atoms with Gasteiger partial charge in [-0.15, -0.1) is 5.10 Å². The summed E-state index contributed by atoms with van der Waals surface area (Å²) in [6.45, 7) is 7.41. The SMILES string of the molecule is CCN(CC)Cc1cccc(C=NN=C(N)SCc2ccccc2)c1. The van der Waals surface area contributed by atoms with Crippen LogP contribution in [0.15, 0.2) is 64.8 Å². The van der Waals surface area contributed by atoms with Crippen molar-refractivity contribution in [2.45, 2.75) is 26.1 Å². The quantitative estimate of drug-likeness (QED) is 0.441. The number of hydrogen-bond donors (Lipinski definition) is 1. The molecule has 0 aliphatic rings. The van der Waals surface area contributed by atoms with Crippen molar-refractivity contribution in [1.29, 1.82) is 0 Å². The van der Waals surface area contributed by atoms with Crippen LogP contribution in [-0.2, 0) is 12.3 Å². The summed E-state index contributed by atoms with van der Waals surface area (Å²) in [7, 11) is 0. The molecule has 0 spiro atoms. The molecule has 2 aromatic carbocycles. The highest BCUT2D eigenvalue weighted by molar-refractivity contribution is 8.13. The van der Waals surface area contributed by atoms with E-state index in [1.165, 1.54) is 22.9 Å². The first-order valence-corrected chi connectivity index (χ1v) is 9.54. The van der Waals surface area contributed by atoms with Crippen LogP contribution in [0.4, 0.5) is 0 Å². The summed E-state index contributed by atoms with van der Waals surface area (Å²) in [4.78, 5) is 2.38. The van der Waals surface area contributed by atoms with E-state index >= 15 is 0 Å². The Bertz CT molecular complexity index is 694. The minimum atomic E-state index is 0.472. The molecule has 0 radical (unpaired) electrons. The molecule has 2 N–H and O–H groups in total. The molecule has 0 bridgehead atoms. The fourth-order valence-corrected chi connectivity index (χ4v) is 3.00. The number of benzene rings is 2. The van der Waals surface area contributed by atoms with Gasteiger partial charge in [0, 0.05) is 12.3 Å². The number of amidine groups is 1. The number of thioether (sulfide) groups is 1. The Hall–Kier alpha value is -2.11. The topological polar surface area (TPSA) is 54.0 Å². The van der Waals surface area contributed by atoms with E-state index in [0.717, 1.165) is 31.0 Å². The van der Waals surface area contributed by atoms with Gasteiger partial charge in [-0.1, -0.05) is 74.1 Å². The molecule has 0 aliphatic carbocycles. The maximum Gasteiger partial charge on any atom is 0.180 e. The van der Waals surface area contributed by atoms with E-state index in [9.17, 15) is 0 Å². The molecule has 0 saturated heterocycles. The van der Waals surface area contributed by atoms with Gasteiger partial charge in [0.25, 0.3) is 0 Å². The summed E-state index contributed by atoms with van der Waals surface area (Å²) in [6, 6.07) is 18.6.